The zero-order valence-corrected chi connectivity index (χ0v) is 15.9. The van der Waals surface area contributed by atoms with Crippen LogP contribution in [0.5, 0.6) is 0 Å². The highest BCUT2D eigenvalue weighted by Crippen LogP contribution is 2.25. The summed E-state index contributed by atoms with van der Waals surface area (Å²) in [6.45, 7) is 14.3. The van der Waals surface area contributed by atoms with Gasteiger partial charge in [0.25, 0.3) is 0 Å². The third-order valence-electron chi connectivity index (χ3n) is 3.78. The number of hydrogen-bond donors (Lipinski definition) is 1. The van der Waals surface area contributed by atoms with E-state index >= 15 is 0 Å². The van der Waals surface area contributed by atoms with Gasteiger partial charge in [0.2, 0.25) is 0 Å². The molecule has 0 unspecified atom stereocenters. The molecule has 0 rings (SSSR count). The average Bonchev–Trinajstić information content (AvgIpc) is 2.45. The van der Waals surface area contributed by atoms with Crippen LogP contribution in [0.25, 0.3) is 0 Å². The van der Waals surface area contributed by atoms with Crippen molar-refractivity contribution in [1.82, 2.24) is 0 Å². The maximum absolute atomic E-state index is 10.5. The number of rotatable bonds is 7. The Labute approximate surface area is 141 Å². The van der Waals surface area contributed by atoms with E-state index in [0.717, 1.165) is 35.1 Å². The van der Waals surface area contributed by atoms with Gasteiger partial charge < -0.3 is 5.11 Å². The summed E-state index contributed by atoms with van der Waals surface area (Å²) in [7, 11) is 0. The van der Waals surface area contributed by atoms with Crippen LogP contribution < -0.4 is 0 Å². The van der Waals surface area contributed by atoms with Crippen LogP contribution in [0.3, 0.4) is 0 Å². The largest absolute Gasteiger partial charge is 0.507 e. The molecule has 0 spiro atoms. The molecule has 0 saturated carbocycles. The first kappa shape index (κ1) is 20.8. The Balaban J connectivity index is 5.24. The summed E-state index contributed by atoms with van der Waals surface area (Å²) in [5.41, 5.74) is 8.07. The van der Waals surface area contributed by atoms with Crippen LogP contribution in [0.4, 0.5) is 0 Å². The first-order chi connectivity index (χ1) is 10.2. The molecule has 0 bridgehead atoms. The molecule has 22 heavy (non-hydrogen) atoms. The monoisotopic (exact) mass is 322 g/mol. The van der Waals surface area contributed by atoms with Crippen LogP contribution in [-0.4, -0.2) is 5.11 Å². The summed E-state index contributed by atoms with van der Waals surface area (Å²) in [5.74, 6) is 0.350. The summed E-state index contributed by atoms with van der Waals surface area (Å²) in [6.07, 6.45) is 7.25. The second kappa shape index (κ2) is 10.5. The molecule has 0 aliphatic carbocycles. The first-order valence-corrected chi connectivity index (χ1v) is 8.27. The Morgan fingerprint density at radius 1 is 0.955 bits per heavy atom. The highest BCUT2D eigenvalue weighted by molar-refractivity contribution is 6.25. The minimum atomic E-state index is 0.350. The molecule has 0 aromatic carbocycles. The topological polar surface area (TPSA) is 20.2 Å². The summed E-state index contributed by atoms with van der Waals surface area (Å²) < 4.78 is 0. The number of aliphatic hydroxyl groups is 1. The lowest BCUT2D eigenvalue weighted by molar-refractivity contribution is 0.415. The minimum absolute atomic E-state index is 0.350. The van der Waals surface area contributed by atoms with Crippen molar-refractivity contribution in [3.05, 3.63) is 56.9 Å². The Morgan fingerprint density at radius 3 is 2.00 bits per heavy atom. The molecular weight excluding hydrogens is 292 g/mol. The lowest BCUT2D eigenvalue weighted by atomic mass is 9.97. The van der Waals surface area contributed by atoms with Crippen LogP contribution in [0.1, 0.15) is 67.7 Å². The Bertz CT molecular complexity index is 520. The third-order valence-corrected chi connectivity index (χ3v) is 4.10. The van der Waals surface area contributed by atoms with Gasteiger partial charge in [0.05, 0.1) is 0 Å². The quantitative estimate of drug-likeness (QED) is 0.294. The predicted octanol–water partition coefficient (Wildman–Crippen LogP) is 7.38. The van der Waals surface area contributed by atoms with Gasteiger partial charge in [-0.1, -0.05) is 40.5 Å². The summed E-state index contributed by atoms with van der Waals surface area (Å²) in [4.78, 5) is 0. The molecule has 0 radical (unpaired) electrons. The number of aliphatic hydroxyl groups excluding tert-OH is 1. The SMILES string of the molecule is CC(C)=CCC/C(C)=C/CC(/C(C)=C/Cl)=C(\O)C(C)=C(C)C. The van der Waals surface area contributed by atoms with Crippen molar-refractivity contribution >= 4 is 11.6 Å². The van der Waals surface area contributed by atoms with Crippen molar-refractivity contribution in [3.63, 3.8) is 0 Å². The molecule has 0 aliphatic rings. The Kier molecular flexibility index (Phi) is 9.93. The molecule has 0 heterocycles. The molecule has 0 amide bonds. The van der Waals surface area contributed by atoms with Crippen LogP contribution in [0.2, 0.25) is 0 Å². The van der Waals surface area contributed by atoms with Crippen molar-refractivity contribution in [2.75, 3.05) is 0 Å². The lowest BCUT2D eigenvalue weighted by Crippen LogP contribution is -1.96. The molecule has 0 aromatic heterocycles. The molecule has 0 aliphatic heterocycles. The highest BCUT2D eigenvalue weighted by Gasteiger charge is 2.09. The zero-order chi connectivity index (χ0) is 17.3. The maximum Gasteiger partial charge on any atom is 0.122 e. The van der Waals surface area contributed by atoms with Crippen molar-refractivity contribution in [2.24, 2.45) is 0 Å². The minimum Gasteiger partial charge on any atom is -0.507 e. The number of allylic oxidation sites excluding steroid dienone is 8. The van der Waals surface area contributed by atoms with Gasteiger partial charge >= 0.3 is 0 Å². The van der Waals surface area contributed by atoms with Crippen molar-refractivity contribution in [1.29, 1.82) is 0 Å². The van der Waals surface area contributed by atoms with Gasteiger partial charge in [0.15, 0.2) is 0 Å². The molecule has 0 atom stereocenters. The summed E-state index contributed by atoms with van der Waals surface area (Å²) >= 11 is 5.86. The van der Waals surface area contributed by atoms with E-state index in [1.165, 1.54) is 16.7 Å². The van der Waals surface area contributed by atoms with Crippen molar-refractivity contribution in [2.45, 2.75) is 67.7 Å². The van der Waals surface area contributed by atoms with Crippen molar-refractivity contribution in [3.8, 4) is 0 Å². The Morgan fingerprint density at radius 2 is 1.55 bits per heavy atom. The second-order valence-electron chi connectivity index (χ2n) is 6.32. The Hall–Kier alpha value is -1.21. The van der Waals surface area contributed by atoms with Crippen LogP contribution in [0.15, 0.2) is 56.9 Å². The van der Waals surface area contributed by atoms with E-state index in [2.05, 4.69) is 32.9 Å². The standard InChI is InChI=1S/C20H31ClO/c1-14(2)9-8-10-16(5)11-12-19(17(6)13-21)20(22)18(7)15(3)4/h9,11,13,22H,8,10,12H2,1-7H3/b16-11+,17-13+,20-19+. The fourth-order valence-corrected chi connectivity index (χ4v) is 2.07. The average molecular weight is 323 g/mol. The molecule has 1 N–H and O–H groups in total. The first-order valence-electron chi connectivity index (χ1n) is 7.83. The van der Waals surface area contributed by atoms with Crippen molar-refractivity contribution < 1.29 is 5.11 Å². The van der Waals surface area contributed by atoms with Gasteiger partial charge in [-0.05, 0) is 78.9 Å². The molecular formula is C20H31ClO. The van der Waals surface area contributed by atoms with Gasteiger partial charge in [-0.15, -0.1) is 0 Å². The molecule has 124 valence electrons. The molecule has 1 nitrogen and oxygen atoms in total. The summed E-state index contributed by atoms with van der Waals surface area (Å²) in [6, 6.07) is 0. The van der Waals surface area contributed by atoms with E-state index in [0.29, 0.717) is 12.2 Å². The summed E-state index contributed by atoms with van der Waals surface area (Å²) in [5, 5.41) is 10.5. The zero-order valence-electron chi connectivity index (χ0n) is 15.2. The van der Waals surface area contributed by atoms with Crippen LogP contribution in [-0.2, 0) is 0 Å². The van der Waals surface area contributed by atoms with Gasteiger partial charge in [-0.2, -0.15) is 0 Å². The predicted molar refractivity (Wildman–Crippen MR) is 100 cm³/mol. The van der Waals surface area contributed by atoms with E-state index in [1.54, 1.807) is 0 Å². The fourth-order valence-electron chi connectivity index (χ4n) is 1.94. The molecule has 0 fully saturated rings. The van der Waals surface area contributed by atoms with E-state index in [1.807, 2.05) is 27.7 Å². The number of halogens is 1. The second-order valence-corrected chi connectivity index (χ2v) is 6.54. The van der Waals surface area contributed by atoms with E-state index in [-0.39, 0.29) is 0 Å². The molecule has 2 heteroatoms. The third kappa shape index (κ3) is 7.70. The van der Waals surface area contributed by atoms with Gasteiger partial charge in [-0.3, -0.25) is 0 Å². The normalized spacial score (nSPS) is 13.6. The molecule has 0 aromatic rings. The maximum atomic E-state index is 10.5. The van der Waals surface area contributed by atoms with Gasteiger partial charge in [-0.25, -0.2) is 0 Å². The molecule has 0 saturated heterocycles. The smallest absolute Gasteiger partial charge is 0.122 e. The van der Waals surface area contributed by atoms with Crippen LogP contribution in [0, 0.1) is 0 Å². The van der Waals surface area contributed by atoms with Crippen LogP contribution >= 0.6 is 11.6 Å². The van der Waals surface area contributed by atoms with Gasteiger partial charge in [0.1, 0.15) is 5.76 Å². The fraction of sp³-hybridized carbons (Fsp3) is 0.500. The number of hydrogen-bond acceptors (Lipinski definition) is 1. The highest BCUT2D eigenvalue weighted by atomic mass is 35.5. The van der Waals surface area contributed by atoms with E-state index in [9.17, 15) is 5.11 Å². The van der Waals surface area contributed by atoms with E-state index < -0.39 is 0 Å². The lowest BCUT2D eigenvalue weighted by Gasteiger charge is -2.12. The van der Waals surface area contributed by atoms with Gasteiger partial charge in [0, 0.05) is 11.1 Å². The van der Waals surface area contributed by atoms with E-state index in [4.69, 9.17) is 11.6 Å².